The Morgan fingerprint density at radius 2 is 2.10 bits per heavy atom. The fourth-order valence-corrected chi connectivity index (χ4v) is 4.41. The number of nitrogens with zero attached hydrogens (tertiary/aromatic N) is 1. The van der Waals surface area contributed by atoms with Crippen LogP contribution in [0.2, 0.25) is 0 Å². The van der Waals surface area contributed by atoms with Gasteiger partial charge >= 0.3 is 0 Å². The minimum atomic E-state index is -0.490. The van der Waals surface area contributed by atoms with Crippen molar-refractivity contribution in [1.29, 1.82) is 0 Å². The highest BCUT2D eigenvalue weighted by molar-refractivity contribution is 5.33. The first-order valence-corrected chi connectivity index (χ1v) is 8.57. The Morgan fingerprint density at radius 3 is 2.81 bits per heavy atom. The van der Waals surface area contributed by atoms with Crippen LogP contribution in [-0.4, -0.2) is 28.7 Å². The minimum absolute atomic E-state index is 0.420. The molecule has 0 saturated carbocycles. The Morgan fingerprint density at radius 1 is 1.33 bits per heavy atom. The summed E-state index contributed by atoms with van der Waals surface area (Å²) in [6.45, 7) is 8.90. The second kappa shape index (κ2) is 5.73. The molecule has 3 atom stereocenters. The van der Waals surface area contributed by atoms with Crippen molar-refractivity contribution >= 4 is 0 Å². The topological polar surface area (TPSA) is 23.5 Å². The third-order valence-corrected chi connectivity index (χ3v) is 5.65. The second-order valence-electron chi connectivity index (χ2n) is 7.45. The summed E-state index contributed by atoms with van der Waals surface area (Å²) in [5, 5.41) is 11.2. The molecule has 1 N–H and O–H groups in total. The van der Waals surface area contributed by atoms with Crippen molar-refractivity contribution in [2.75, 3.05) is 13.1 Å². The van der Waals surface area contributed by atoms with Crippen LogP contribution in [0.4, 0.5) is 0 Å². The lowest BCUT2D eigenvalue weighted by Crippen LogP contribution is -2.54. The maximum absolute atomic E-state index is 11.2. The van der Waals surface area contributed by atoms with Crippen molar-refractivity contribution in [3.63, 3.8) is 0 Å². The first kappa shape index (κ1) is 15.1. The quantitative estimate of drug-likeness (QED) is 0.914. The van der Waals surface area contributed by atoms with Crippen molar-refractivity contribution in [1.82, 2.24) is 4.90 Å². The summed E-state index contributed by atoms with van der Waals surface area (Å²) in [4.78, 5) is 2.62. The van der Waals surface area contributed by atoms with Crippen LogP contribution in [0.1, 0.15) is 57.2 Å². The molecule has 1 aromatic rings. The summed E-state index contributed by atoms with van der Waals surface area (Å²) in [5.41, 5.74) is 2.45. The first-order chi connectivity index (χ1) is 10.0. The molecule has 0 spiro atoms. The van der Waals surface area contributed by atoms with Gasteiger partial charge in [-0.05, 0) is 42.7 Å². The van der Waals surface area contributed by atoms with E-state index in [0.29, 0.717) is 17.9 Å². The predicted molar refractivity (Wildman–Crippen MR) is 87.3 cm³/mol. The van der Waals surface area contributed by atoms with Crippen molar-refractivity contribution in [3.05, 3.63) is 35.4 Å². The number of aliphatic hydroxyl groups is 1. The summed E-state index contributed by atoms with van der Waals surface area (Å²) in [5.74, 6) is 1.07. The Labute approximate surface area is 129 Å². The highest BCUT2D eigenvalue weighted by atomic mass is 16.3. The van der Waals surface area contributed by atoms with Gasteiger partial charge in [0.25, 0.3) is 0 Å². The molecule has 1 saturated heterocycles. The molecule has 0 aromatic heterocycles. The van der Waals surface area contributed by atoms with Gasteiger partial charge in [0.2, 0.25) is 0 Å². The van der Waals surface area contributed by atoms with Crippen molar-refractivity contribution < 1.29 is 5.11 Å². The van der Waals surface area contributed by atoms with Gasteiger partial charge in [-0.15, -0.1) is 0 Å². The first-order valence-electron chi connectivity index (χ1n) is 8.57. The van der Waals surface area contributed by atoms with Gasteiger partial charge in [-0.2, -0.15) is 0 Å². The lowest BCUT2D eigenvalue weighted by atomic mass is 9.70. The van der Waals surface area contributed by atoms with Gasteiger partial charge < -0.3 is 5.11 Å². The van der Waals surface area contributed by atoms with E-state index in [1.54, 1.807) is 0 Å². The monoisotopic (exact) mass is 287 g/mol. The van der Waals surface area contributed by atoms with E-state index in [1.807, 2.05) is 0 Å². The van der Waals surface area contributed by atoms with Crippen LogP contribution >= 0.6 is 0 Å². The van der Waals surface area contributed by atoms with Gasteiger partial charge in [0.05, 0.1) is 5.60 Å². The van der Waals surface area contributed by atoms with Crippen molar-refractivity contribution in [2.24, 2.45) is 11.8 Å². The van der Waals surface area contributed by atoms with E-state index in [2.05, 4.69) is 49.9 Å². The highest BCUT2D eigenvalue weighted by Gasteiger charge is 2.46. The van der Waals surface area contributed by atoms with Crippen LogP contribution in [0.3, 0.4) is 0 Å². The number of hydrogen-bond donors (Lipinski definition) is 1. The van der Waals surface area contributed by atoms with Crippen LogP contribution in [0.5, 0.6) is 0 Å². The van der Waals surface area contributed by atoms with Crippen molar-refractivity contribution in [2.45, 2.75) is 58.1 Å². The Kier molecular flexibility index (Phi) is 4.11. The Hall–Kier alpha value is -0.860. The largest absolute Gasteiger partial charge is 0.389 e. The average molecular weight is 287 g/mol. The number of rotatable bonds is 3. The average Bonchev–Trinajstić information content (AvgIpc) is 2.48. The lowest BCUT2D eigenvalue weighted by molar-refractivity contribution is -0.105. The molecule has 1 aromatic carbocycles. The molecule has 21 heavy (non-hydrogen) atoms. The van der Waals surface area contributed by atoms with E-state index in [9.17, 15) is 5.11 Å². The van der Waals surface area contributed by atoms with Crippen LogP contribution in [0.25, 0.3) is 0 Å². The predicted octanol–water partition coefficient (Wildman–Crippen LogP) is 3.79. The van der Waals surface area contributed by atoms with E-state index in [4.69, 9.17) is 0 Å². The summed E-state index contributed by atoms with van der Waals surface area (Å²) < 4.78 is 0. The zero-order valence-corrected chi connectivity index (χ0v) is 13.7. The Balaban J connectivity index is 1.89. The van der Waals surface area contributed by atoms with Crippen LogP contribution < -0.4 is 0 Å². The maximum Gasteiger partial charge on any atom is 0.0703 e. The number of fused-ring (bicyclic) bond motifs is 3. The van der Waals surface area contributed by atoms with Gasteiger partial charge in [-0.1, -0.05) is 45.0 Å². The Bertz CT molecular complexity index is 498. The highest BCUT2D eigenvalue weighted by Crippen LogP contribution is 2.45. The SMILES string of the molecule is CC[C@]1(O)C[C@H]2c3ccccc3CCN2C[C@@H]1CC(C)C. The molecular formula is C19H29NO. The maximum atomic E-state index is 11.2. The molecule has 3 rings (SSSR count). The summed E-state index contributed by atoms with van der Waals surface area (Å²) in [6, 6.07) is 9.24. The molecule has 0 bridgehead atoms. The number of hydrogen-bond acceptors (Lipinski definition) is 2. The summed E-state index contributed by atoms with van der Waals surface area (Å²) in [6.07, 6.45) is 4.07. The van der Waals surface area contributed by atoms with Crippen LogP contribution in [-0.2, 0) is 6.42 Å². The van der Waals surface area contributed by atoms with Gasteiger partial charge in [-0.3, -0.25) is 4.90 Å². The van der Waals surface area contributed by atoms with Gasteiger partial charge in [0.15, 0.2) is 0 Å². The smallest absolute Gasteiger partial charge is 0.0703 e. The third-order valence-electron chi connectivity index (χ3n) is 5.65. The molecule has 2 nitrogen and oxygen atoms in total. The minimum Gasteiger partial charge on any atom is -0.389 e. The third kappa shape index (κ3) is 2.76. The molecule has 2 aliphatic heterocycles. The molecule has 1 fully saturated rings. The molecule has 0 aliphatic carbocycles. The molecule has 2 aliphatic rings. The zero-order chi connectivity index (χ0) is 15.0. The molecule has 0 radical (unpaired) electrons. The van der Waals surface area contributed by atoms with E-state index in [0.717, 1.165) is 38.8 Å². The van der Waals surface area contributed by atoms with Crippen LogP contribution in [0.15, 0.2) is 24.3 Å². The molecule has 2 heterocycles. The van der Waals surface area contributed by atoms with E-state index >= 15 is 0 Å². The summed E-state index contributed by atoms with van der Waals surface area (Å²) >= 11 is 0. The van der Waals surface area contributed by atoms with Crippen molar-refractivity contribution in [3.8, 4) is 0 Å². The molecular weight excluding hydrogens is 258 g/mol. The normalized spacial score (nSPS) is 32.8. The standard InChI is InChI=1S/C19H29NO/c1-4-19(21)12-18-17-8-6-5-7-15(17)9-10-20(18)13-16(19)11-14(2)3/h5-8,14,16,18,21H,4,9-13H2,1-3H3/t16-,18-,19-/m0/s1. The van der Waals surface area contributed by atoms with E-state index < -0.39 is 5.60 Å². The fourth-order valence-electron chi connectivity index (χ4n) is 4.41. The molecule has 0 amide bonds. The molecule has 0 unspecified atom stereocenters. The van der Waals surface area contributed by atoms with Crippen LogP contribution in [0, 0.1) is 11.8 Å². The summed E-state index contributed by atoms with van der Waals surface area (Å²) in [7, 11) is 0. The second-order valence-corrected chi connectivity index (χ2v) is 7.45. The number of piperidine rings is 1. The zero-order valence-electron chi connectivity index (χ0n) is 13.7. The van der Waals surface area contributed by atoms with E-state index in [1.165, 1.54) is 11.1 Å². The van der Waals surface area contributed by atoms with E-state index in [-0.39, 0.29) is 0 Å². The van der Waals surface area contributed by atoms with Gasteiger partial charge in [0.1, 0.15) is 0 Å². The van der Waals surface area contributed by atoms with Gasteiger partial charge in [0, 0.05) is 25.0 Å². The number of benzene rings is 1. The van der Waals surface area contributed by atoms with Gasteiger partial charge in [-0.25, -0.2) is 0 Å². The lowest BCUT2D eigenvalue weighted by Gasteiger charge is -2.51. The fraction of sp³-hybridized carbons (Fsp3) is 0.684. The molecule has 2 heteroatoms. The molecule has 116 valence electrons.